The number of rotatable bonds is 1. The lowest BCUT2D eigenvalue weighted by Gasteiger charge is -2.01. The Hall–Kier alpha value is -1.48. The van der Waals surface area contributed by atoms with Gasteiger partial charge in [-0.05, 0) is 17.7 Å². The van der Waals surface area contributed by atoms with Crippen LogP contribution in [0, 0.1) is 5.82 Å². The van der Waals surface area contributed by atoms with E-state index in [9.17, 15) is 4.39 Å². The van der Waals surface area contributed by atoms with Crippen molar-refractivity contribution in [2.75, 3.05) is 0 Å². The summed E-state index contributed by atoms with van der Waals surface area (Å²) in [6.07, 6.45) is 2.97. The fraction of sp³-hybridized carbons (Fsp3) is 0. The van der Waals surface area contributed by atoms with Crippen molar-refractivity contribution in [2.45, 2.75) is 0 Å². The third-order valence-electron chi connectivity index (χ3n) is 1.82. The van der Waals surface area contributed by atoms with Gasteiger partial charge in [-0.2, -0.15) is 0 Å². The molecule has 0 saturated carbocycles. The van der Waals surface area contributed by atoms with Crippen LogP contribution in [0.3, 0.4) is 0 Å². The number of benzene rings is 1. The SMILES string of the molecule is Fc1ccc(-c2cncnc2Cl)cc1. The minimum Gasteiger partial charge on any atom is -0.244 e. The Bertz CT molecular complexity index is 442. The second-order valence-electron chi connectivity index (χ2n) is 2.73. The zero-order valence-electron chi connectivity index (χ0n) is 7.11. The highest BCUT2D eigenvalue weighted by molar-refractivity contribution is 6.32. The van der Waals surface area contributed by atoms with Gasteiger partial charge in [-0.3, -0.25) is 0 Å². The first-order valence-corrected chi connectivity index (χ1v) is 4.36. The van der Waals surface area contributed by atoms with E-state index in [0.29, 0.717) is 10.7 Å². The molecule has 0 N–H and O–H groups in total. The Labute approximate surface area is 85.4 Å². The van der Waals surface area contributed by atoms with E-state index in [2.05, 4.69) is 9.97 Å². The zero-order valence-corrected chi connectivity index (χ0v) is 7.87. The average Bonchev–Trinajstić information content (AvgIpc) is 2.20. The van der Waals surface area contributed by atoms with Crippen molar-refractivity contribution in [2.24, 2.45) is 0 Å². The van der Waals surface area contributed by atoms with Crippen molar-refractivity contribution < 1.29 is 4.39 Å². The van der Waals surface area contributed by atoms with Crippen LogP contribution in [0.5, 0.6) is 0 Å². The van der Waals surface area contributed by atoms with Gasteiger partial charge in [0.2, 0.25) is 0 Å². The maximum atomic E-state index is 12.6. The highest BCUT2D eigenvalue weighted by Gasteiger charge is 2.03. The molecule has 0 spiro atoms. The molecular weight excluding hydrogens is 203 g/mol. The molecular formula is C10H6ClFN2. The molecule has 0 radical (unpaired) electrons. The fourth-order valence-electron chi connectivity index (χ4n) is 1.14. The van der Waals surface area contributed by atoms with Crippen molar-refractivity contribution in [3.05, 3.63) is 47.8 Å². The zero-order chi connectivity index (χ0) is 9.97. The predicted molar refractivity (Wildman–Crippen MR) is 52.4 cm³/mol. The van der Waals surface area contributed by atoms with Gasteiger partial charge in [0.1, 0.15) is 17.3 Å². The van der Waals surface area contributed by atoms with E-state index in [0.717, 1.165) is 5.56 Å². The van der Waals surface area contributed by atoms with Crippen LogP contribution in [-0.2, 0) is 0 Å². The molecule has 0 aliphatic heterocycles. The Morgan fingerprint density at radius 3 is 2.50 bits per heavy atom. The Morgan fingerprint density at radius 1 is 1.14 bits per heavy atom. The highest BCUT2D eigenvalue weighted by atomic mass is 35.5. The van der Waals surface area contributed by atoms with Crippen LogP contribution in [0.2, 0.25) is 5.15 Å². The summed E-state index contributed by atoms with van der Waals surface area (Å²) in [4.78, 5) is 7.69. The summed E-state index contributed by atoms with van der Waals surface area (Å²) in [7, 11) is 0. The van der Waals surface area contributed by atoms with Crippen LogP contribution in [0.4, 0.5) is 4.39 Å². The highest BCUT2D eigenvalue weighted by Crippen LogP contribution is 2.24. The summed E-state index contributed by atoms with van der Waals surface area (Å²) in [5.74, 6) is -0.276. The molecule has 2 aromatic rings. The minimum absolute atomic E-state index is 0.276. The number of halogens is 2. The number of hydrogen-bond donors (Lipinski definition) is 0. The van der Waals surface area contributed by atoms with Gasteiger partial charge >= 0.3 is 0 Å². The van der Waals surface area contributed by atoms with Crippen molar-refractivity contribution in [1.29, 1.82) is 0 Å². The van der Waals surface area contributed by atoms with Crippen molar-refractivity contribution in [1.82, 2.24) is 9.97 Å². The number of nitrogens with zero attached hydrogens (tertiary/aromatic N) is 2. The molecule has 0 amide bonds. The van der Waals surface area contributed by atoms with E-state index in [1.807, 2.05) is 0 Å². The van der Waals surface area contributed by atoms with Gasteiger partial charge in [0.15, 0.2) is 0 Å². The number of aromatic nitrogens is 2. The average molecular weight is 209 g/mol. The third-order valence-corrected chi connectivity index (χ3v) is 2.12. The lowest BCUT2D eigenvalue weighted by Crippen LogP contribution is -1.85. The summed E-state index contributed by atoms with van der Waals surface area (Å²) in [5, 5.41) is 0.367. The van der Waals surface area contributed by atoms with Gasteiger partial charge in [0.05, 0.1) is 0 Å². The van der Waals surface area contributed by atoms with Crippen LogP contribution < -0.4 is 0 Å². The van der Waals surface area contributed by atoms with E-state index < -0.39 is 0 Å². The van der Waals surface area contributed by atoms with Crippen molar-refractivity contribution in [3.63, 3.8) is 0 Å². The van der Waals surface area contributed by atoms with Gasteiger partial charge in [-0.15, -0.1) is 0 Å². The van der Waals surface area contributed by atoms with Crippen LogP contribution in [0.25, 0.3) is 11.1 Å². The summed E-state index contributed by atoms with van der Waals surface area (Å²) in [6.45, 7) is 0. The molecule has 0 aliphatic rings. The second kappa shape index (κ2) is 3.72. The van der Waals surface area contributed by atoms with Crippen LogP contribution in [0.15, 0.2) is 36.8 Å². The van der Waals surface area contributed by atoms with Gasteiger partial charge < -0.3 is 0 Å². The van der Waals surface area contributed by atoms with Crippen LogP contribution in [-0.4, -0.2) is 9.97 Å². The maximum Gasteiger partial charge on any atom is 0.140 e. The Balaban J connectivity index is 2.50. The van der Waals surface area contributed by atoms with Gasteiger partial charge in [-0.25, -0.2) is 14.4 Å². The molecule has 0 unspecified atom stereocenters. The summed E-state index contributed by atoms with van der Waals surface area (Å²) >= 11 is 5.85. The van der Waals surface area contributed by atoms with Gasteiger partial charge in [0.25, 0.3) is 0 Å². The molecule has 4 heteroatoms. The summed E-state index contributed by atoms with van der Waals surface area (Å²) < 4.78 is 12.6. The molecule has 2 nitrogen and oxygen atoms in total. The quantitative estimate of drug-likeness (QED) is 0.674. The largest absolute Gasteiger partial charge is 0.244 e. The first kappa shape index (κ1) is 9.09. The lowest BCUT2D eigenvalue weighted by atomic mass is 10.1. The van der Waals surface area contributed by atoms with E-state index >= 15 is 0 Å². The van der Waals surface area contributed by atoms with E-state index in [-0.39, 0.29) is 5.82 Å². The summed E-state index contributed by atoms with van der Waals surface area (Å²) in [6, 6.07) is 6.02. The third kappa shape index (κ3) is 1.72. The molecule has 1 heterocycles. The van der Waals surface area contributed by atoms with Crippen LogP contribution >= 0.6 is 11.6 Å². The van der Waals surface area contributed by atoms with E-state index in [4.69, 9.17) is 11.6 Å². The normalized spacial score (nSPS) is 10.1. The van der Waals surface area contributed by atoms with Crippen molar-refractivity contribution >= 4 is 11.6 Å². The summed E-state index contributed by atoms with van der Waals surface area (Å²) in [5.41, 5.74) is 1.51. The predicted octanol–water partition coefficient (Wildman–Crippen LogP) is 2.94. The second-order valence-corrected chi connectivity index (χ2v) is 3.09. The van der Waals surface area contributed by atoms with E-state index in [1.54, 1.807) is 18.3 Å². The molecule has 14 heavy (non-hydrogen) atoms. The first-order chi connectivity index (χ1) is 6.77. The molecule has 70 valence electrons. The molecule has 0 saturated heterocycles. The molecule has 0 bridgehead atoms. The fourth-order valence-corrected chi connectivity index (χ4v) is 1.34. The topological polar surface area (TPSA) is 25.8 Å². The smallest absolute Gasteiger partial charge is 0.140 e. The molecule has 1 aromatic carbocycles. The van der Waals surface area contributed by atoms with Gasteiger partial charge in [0, 0.05) is 11.8 Å². The lowest BCUT2D eigenvalue weighted by molar-refractivity contribution is 0.628. The standard InChI is InChI=1S/C10H6ClFN2/c11-10-9(5-13-6-14-10)7-1-3-8(12)4-2-7/h1-6H. The first-order valence-electron chi connectivity index (χ1n) is 3.99. The molecule has 2 rings (SSSR count). The Kier molecular flexibility index (Phi) is 2.41. The minimum atomic E-state index is -0.276. The van der Waals surface area contributed by atoms with Gasteiger partial charge in [-0.1, -0.05) is 23.7 Å². The molecule has 1 aromatic heterocycles. The van der Waals surface area contributed by atoms with Crippen molar-refractivity contribution in [3.8, 4) is 11.1 Å². The maximum absolute atomic E-state index is 12.6. The molecule has 0 aliphatic carbocycles. The molecule has 0 atom stereocenters. The van der Waals surface area contributed by atoms with Crippen LogP contribution in [0.1, 0.15) is 0 Å². The van der Waals surface area contributed by atoms with E-state index in [1.165, 1.54) is 18.5 Å². The number of hydrogen-bond acceptors (Lipinski definition) is 2. The monoisotopic (exact) mass is 208 g/mol. The molecule has 0 fully saturated rings. The Morgan fingerprint density at radius 2 is 1.86 bits per heavy atom.